The van der Waals surface area contributed by atoms with E-state index in [1.165, 1.54) is 0 Å². The average Bonchev–Trinajstić information content (AvgIpc) is 2.75. The van der Waals surface area contributed by atoms with Crippen molar-refractivity contribution < 1.29 is 9.59 Å². The van der Waals surface area contributed by atoms with Crippen LogP contribution in [0.4, 0.5) is 11.4 Å². The molecule has 1 fully saturated rings. The minimum Gasteiger partial charge on any atom is -0.368 e. The van der Waals surface area contributed by atoms with Crippen molar-refractivity contribution in [3.05, 3.63) is 59.1 Å². The number of amides is 2. The number of anilines is 2. The van der Waals surface area contributed by atoms with Crippen molar-refractivity contribution in [3.63, 3.8) is 0 Å². The lowest BCUT2D eigenvalue weighted by Gasteiger charge is -2.36. The monoisotopic (exact) mass is 413 g/mol. The Labute approximate surface area is 177 Å². The summed E-state index contributed by atoms with van der Waals surface area (Å²) in [7, 11) is 0. The van der Waals surface area contributed by atoms with Gasteiger partial charge in [-0.25, -0.2) is 0 Å². The van der Waals surface area contributed by atoms with Crippen molar-refractivity contribution in [2.75, 3.05) is 36.4 Å². The Bertz CT molecular complexity index is 830. The fraction of sp³-hybridized carbons (Fsp3) is 0.391. The van der Waals surface area contributed by atoms with E-state index in [4.69, 9.17) is 11.6 Å². The summed E-state index contributed by atoms with van der Waals surface area (Å²) in [5, 5.41) is 3.31. The molecular formula is C23H28ClN3O2. The summed E-state index contributed by atoms with van der Waals surface area (Å²) in [6, 6.07) is 14.8. The van der Waals surface area contributed by atoms with Gasteiger partial charge in [0.2, 0.25) is 5.91 Å². The van der Waals surface area contributed by atoms with E-state index in [9.17, 15) is 9.59 Å². The van der Waals surface area contributed by atoms with Crippen molar-refractivity contribution >= 4 is 34.8 Å². The summed E-state index contributed by atoms with van der Waals surface area (Å²) in [5.41, 5.74) is 2.28. The van der Waals surface area contributed by atoms with Gasteiger partial charge in [-0.3, -0.25) is 9.59 Å². The fourth-order valence-corrected chi connectivity index (χ4v) is 3.72. The number of piperazine rings is 1. The molecule has 0 atom stereocenters. The second kappa shape index (κ2) is 10.3. The van der Waals surface area contributed by atoms with Crippen LogP contribution in [0.3, 0.4) is 0 Å². The molecule has 1 aliphatic rings. The number of carbonyl (C=O) groups is 2. The highest BCUT2D eigenvalue weighted by molar-refractivity contribution is 6.34. The molecule has 0 radical (unpaired) electrons. The summed E-state index contributed by atoms with van der Waals surface area (Å²) in [5.74, 6) is 0.0503. The Balaban J connectivity index is 1.51. The molecule has 154 valence electrons. The number of hydrogen-bond acceptors (Lipinski definition) is 3. The molecule has 0 unspecified atom stereocenters. The number of halogens is 1. The quantitative estimate of drug-likeness (QED) is 0.662. The number of unbranched alkanes of at least 4 members (excludes halogenated alkanes) is 2. The number of carbonyl (C=O) groups excluding carboxylic acids is 2. The Morgan fingerprint density at radius 2 is 1.66 bits per heavy atom. The van der Waals surface area contributed by atoms with Gasteiger partial charge in [0, 0.05) is 44.0 Å². The molecule has 2 amide bonds. The number of nitrogens with zero attached hydrogens (tertiary/aromatic N) is 2. The number of rotatable bonds is 7. The first-order valence-electron chi connectivity index (χ1n) is 10.3. The lowest BCUT2D eigenvalue weighted by molar-refractivity contribution is -0.131. The standard InChI is InChI=1S/C23H28ClN3O2/c1-2-3-4-9-22(28)27-16-14-26(15-17-27)19-12-10-18(11-13-19)25-23(29)20-7-5-6-8-21(20)24/h5-8,10-13H,2-4,9,14-17H2,1H3,(H,25,29). The summed E-state index contributed by atoms with van der Waals surface area (Å²) in [6.07, 6.45) is 3.89. The van der Waals surface area contributed by atoms with Crippen molar-refractivity contribution in [2.45, 2.75) is 32.6 Å². The molecule has 3 rings (SSSR count). The van der Waals surface area contributed by atoms with Crippen LogP contribution in [0, 0.1) is 0 Å². The van der Waals surface area contributed by atoms with Crippen LogP contribution in [-0.4, -0.2) is 42.9 Å². The van der Waals surface area contributed by atoms with Crippen molar-refractivity contribution in [3.8, 4) is 0 Å². The first-order valence-corrected chi connectivity index (χ1v) is 10.6. The zero-order valence-electron chi connectivity index (χ0n) is 16.9. The maximum absolute atomic E-state index is 12.4. The third kappa shape index (κ3) is 5.73. The van der Waals surface area contributed by atoms with Gasteiger partial charge in [-0.15, -0.1) is 0 Å². The SMILES string of the molecule is CCCCCC(=O)N1CCN(c2ccc(NC(=O)c3ccccc3Cl)cc2)CC1. The second-order valence-corrected chi connectivity index (χ2v) is 7.71. The Morgan fingerprint density at radius 1 is 0.966 bits per heavy atom. The fourth-order valence-electron chi connectivity index (χ4n) is 3.50. The molecule has 29 heavy (non-hydrogen) atoms. The van der Waals surface area contributed by atoms with Crippen molar-refractivity contribution in [2.24, 2.45) is 0 Å². The molecule has 2 aromatic rings. The van der Waals surface area contributed by atoms with Crippen LogP contribution in [0.25, 0.3) is 0 Å². The molecule has 1 N–H and O–H groups in total. The molecule has 0 aliphatic carbocycles. The normalized spacial score (nSPS) is 14.0. The van der Waals surface area contributed by atoms with Gasteiger partial charge in [-0.1, -0.05) is 43.5 Å². The van der Waals surface area contributed by atoms with Gasteiger partial charge < -0.3 is 15.1 Å². The molecule has 1 saturated heterocycles. The maximum Gasteiger partial charge on any atom is 0.257 e. The predicted octanol–water partition coefficient (Wildman–Crippen LogP) is 4.82. The minimum absolute atomic E-state index is 0.224. The number of nitrogens with one attached hydrogen (secondary N) is 1. The Morgan fingerprint density at radius 3 is 2.31 bits per heavy atom. The Kier molecular flexibility index (Phi) is 7.53. The van der Waals surface area contributed by atoms with Crippen LogP contribution < -0.4 is 10.2 Å². The smallest absolute Gasteiger partial charge is 0.257 e. The van der Waals surface area contributed by atoms with Crippen LogP contribution in [0.2, 0.25) is 5.02 Å². The van der Waals surface area contributed by atoms with E-state index in [0.717, 1.165) is 56.8 Å². The molecule has 0 spiro atoms. The van der Waals surface area contributed by atoms with Crippen LogP contribution >= 0.6 is 11.6 Å². The summed E-state index contributed by atoms with van der Waals surface area (Å²) >= 11 is 6.09. The van der Waals surface area contributed by atoms with Gasteiger partial charge in [-0.2, -0.15) is 0 Å². The molecule has 2 aromatic carbocycles. The first kappa shape index (κ1) is 21.2. The lowest BCUT2D eigenvalue weighted by Crippen LogP contribution is -2.48. The summed E-state index contributed by atoms with van der Waals surface area (Å²) in [4.78, 5) is 28.9. The molecule has 0 saturated carbocycles. The van der Waals surface area contributed by atoms with Gasteiger partial charge in [0.25, 0.3) is 5.91 Å². The van der Waals surface area contributed by atoms with E-state index < -0.39 is 0 Å². The first-order chi connectivity index (χ1) is 14.1. The van der Waals surface area contributed by atoms with E-state index in [-0.39, 0.29) is 11.8 Å². The van der Waals surface area contributed by atoms with Gasteiger partial charge in [-0.05, 0) is 42.8 Å². The van der Waals surface area contributed by atoms with Crippen LogP contribution in [-0.2, 0) is 4.79 Å². The summed E-state index contributed by atoms with van der Waals surface area (Å²) < 4.78 is 0. The lowest BCUT2D eigenvalue weighted by atomic mass is 10.1. The molecule has 6 heteroatoms. The Hall–Kier alpha value is -2.53. The van der Waals surface area contributed by atoms with E-state index in [1.54, 1.807) is 24.3 Å². The molecule has 1 heterocycles. The number of hydrogen-bond donors (Lipinski definition) is 1. The summed E-state index contributed by atoms with van der Waals surface area (Å²) in [6.45, 7) is 5.32. The van der Waals surface area contributed by atoms with Crippen molar-refractivity contribution in [1.82, 2.24) is 4.90 Å². The molecule has 5 nitrogen and oxygen atoms in total. The zero-order valence-corrected chi connectivity index (χ0v) is 17.6. The average molecular weight is 414 g/mol. The van der Waals surface area contributed by atoms with E-state index in [0.29, 0.717) is 17.0 Å². The van der Waals surface area contributed by atoms with E-state index in [2.05, 4.69) is 17.1 Å². The van der Waals surface area contributed by atoms with Crippen LogP contribution in [0.1, 0.15) is 43.0 Å². The topological polar surface area (TPSA) is 52.7 Å². The molecule has 0 bridgehead atoms. The predicted molar refractivity (Wildman–Crippen MR) is 119 cm³/mol. The van der Waals surface area contributed by atoms with Crippen LogP contribution in [0.5, 0.6) is 0 Å². The highest BCUT2D eigenvalue weighted by atomic mass is 35.5. The molecule has 0 aromatic heterocycles. The maximum atomic E-state index is 12.4. The molecular weight excluding hydrogens is 386 g/mol. The second-order valence-electron chi connectivity index (χ2n) is 7.31. The third-order valence-corrected chi connectivity index (χ3v) is 5.56. The minimum atomic E-state index is -0.224. The van der Waals surface area contributed by atoms with Gasteiger partial charge in [0.1, 0.15) is 0 Å². The van der Waals surface area contributed by atoms with Gasteiger partial charge in [0.05, 0.1) is 10.6 Å². The highest BCUT2D eigenvalue weighted by Crippen LogP contribution is 2.22. The van der Waals surface area contributed by atoms with E-state index >= 15 is 0 Å². The largest absolute Gasteiger partial charge is 0.368 e. The van der Waals surface area contributed by atoms with Crippen molar-refractivity contribution in [1.29, 1.82) is 0 Å². The zero-order chi connectivity index (χ0) is 20.6. The van der Waals surface area contributed by atoms with Gasteiger partial charge in [0.15, 0.2) is 0 Å². The highest BCUT2D eigenvalue weighted by Gasteiger charge is 2.21. The third-order valence-electron chi connectivity index (χ3n) is 5.24. The van der Waals surface area contributed by atoms with Gasteiger partial charge >= 0.3 is 0 Å². The molecule has 1 aliphatic heterocycles. The number of benzene rings is 2. The van der Waals surface area contributed by atoms with E-state index in [1.807, 2.05) is 29.2 Å². The van der Waals surface area contributed by atoms with Crippen LogP contribution in [0.15, 0.2) is 48.5 Å².